The number of rotatable bonds is 5. The van der Waals surface area contributed by atoms with Gasteiger partial charge >= 0.3 is 0 Å². The van der Waals surface area contributed by atoms with Gasteiger partial charge in [-0.15, -0.1) is 0 Å². The number of anilines is 6. The molecule has 0 amide bonds. The molecule has 0 N–H and O–H groups in total. The molecule has 0 saturated heterocycles. The monoisotopic (exact) mass is 1000 g/mol. The van der Waals surface area contributed by atoms with Crippen molar-refractivity contribution in [2.75, 3.05) is 9.80 Å². The fraction of sp³-hybridized carbons (Fsp3) is 0.239. The molecule has 9 aromatic carbocycles. The molecule has 382 valence electrons. The number of nitrogens with zero attached hydrogens (tertiary/aromatic N) is 4. The lowest BCUT2D eigenvalue weighted by molar-refractivity contribution is 0.486. The zero-order valence-electron chi connectivity index (χ0n) is 47.1. The standard InChI is InChI=1S/C71H69BN4O/c1-68(2,3)44-26-33-48(34-27-44)74(49-35-28-45(29-36-49)69(4,5)6)51-41-61-65-63(42-51)77-62-39-32-47(71(10,11)12)40-55(62)72(65)56-43-60-64(54-22-16-17-23-57(54)73(60)13)67(66(56)75(61)50-37-30-46(31-38-50)70(7,8)9)76-58-24-18-14-20-52(58)53-21-15-19-25-59(53)76/h14-43H,1-13H3. The summed E-state index contributed by atoms with van der Waals surface area (Å²) >= 11 is 0. The number of aromatic nitrogens is 2. The van der Waals surface area contributed by atoms with Gasteiger partial charge in [0.1, 0.15) is 11.5 Å². The Morgan fingerprint density at radius 2 is 0.883 bits per heavy atom. The summed E-state index contributed by atoms with van der Waals surface area (Å²) in [6.45, 7) is 27.4. The quantitative estimate of drug-likeness (QED) is 0.161. The van der Waals surface area contributed by atoms with Crippen molar-refractivity contribution >= 4 is 101 Å². The van der Waals surface area contributed by atoms with Crippen LogP contribution >= 0.6 is 0 Å². The molecular formula is C71H69BN4O. The average molecular weight is 1010 g/mol. The summed E-state index contributed by atoms with van der Waals surface area (Å²) in [6.07, 6.45) is 0. The van der Waals surface area contributed by atoms with Crippen LogP contribution in [0.3, 0.4) is 0 Å². The van der Waals surface area contributed by atoms with Gasteiger partial charge in [0.05, 0.1) is 33.6 Å². The van der Waals surface area contributed by atoms with Gasteiger partial charge in [-0.05, 0) is 133 Å². The fourth-order valence-corrected chi connectivity index (χ4v) is 12.5. The van der Waals surface area contributed by atoms with Crippen molar-refractivity contribution in [3.05, 3.63) is 204 Å². The summed E-state index contributed by atoms with van der Waals surface area (Å²) < 4.78 is 12.5. The van der Waals surface area contributed by atoms with Gasteiger partial charge in [-0.25, -0.2) is 0 Å². The summed E-state index contributed by atoms with van der Waals surface area (Å²) in [6, 6.07) is 69.0. The molecule has 0 spiro atoms. The molecule has 2 aromatic heterocycles. The van der Waals surface area contributed by atoms with Gasteiger partial charge in [0.25, 0.3) is 6.71 Å². The first-order chi connectivity index (χ1) is 36.6. The van der Waals surface area contributed by atoms with Crippen LogP contribution in [0.4, 0.5) is 34.1 Å². The maximum atomic E-state index is 7.46. The largest absolute Gasteiger partial charge is 0.458 e. The van der Waals surface area contributed by atoms with Gasteiger partial charge in [-0.3, -0.25) is 0 Å². The predicted molar refractivity (Wildman–Crippen MR) is 330 cm³/mol. The molecule has 0 saturated carbocycles. The summed E-state index contributed by atoms with van der Waals surface area (Å²) in [7, 11) is 2.25. The minimum atomic E-state index is -0.181. The Balaban J connectivity index is 1.21. The number of aryl methyl sites for hydroxylation is 1. The number of fused-ring (bicyclic) bond motifs is 10. The average Bonchev–Trinajstić information content (AvgIpc) is 4.00. The Kier molecular flexibility index (Phi) is 10.8. The number of hydrogen-bond donors (Lipinski definition) is 0. The molecule has 0 atom stereocenters. The molecule has 0 fully saturated rings. The Bertz CT molecular complexity index is 4060. The molecule has 0 unspecified atom stereocenters. The Hall–Kier alpha value is -7.96. The number of benzene rings is 9. The minimum Gasteiger partial charge on any atom is -0.458 e. The van der Waals surface area contributed by atoms with Gasteiger partial charge in [-0.1, -0.05) is 186 Å². The van der Waals surface area contributed by atoms with E-state index in [1.54, 1.807) is 0 Å². The van der Waals surface area contributed by atoms with Crippen molar-refractivity contribution in [2.24, 2.45) is 7.05 Å². The van der Waals surface area contributed by atoms with Gasteiger partial charge in [0.2, 0.25) is 0 Å². The lowest BCUT2D eigenvalue weighted by Gasteiger charge is -2.42. The van der Waals surface area contributed by atoms with Crippen LogP contribution in [0.15, 0.2) is 182 Å². The van der Waals surface area contributed by atoms with E-state index in [0.717, 1.165) is 56.8 Å². The minimum absolute atomic E-state index is 0.00316. The number of ether oxygens (including phenoxy) is 1. The van der Waals surface area contributed by atoms with Crippen molar-refractivity contribution < 1.29 is 4.74 Å². The zero-order chi connectivity index (χ0) is 53.7. The molecule has 77 heavy (non-hydrogen) atoms. The predicted octanol–water partition coefficient (Wildman–Crippen LogP) is 17.5. The third kappa shape index (κ3) is 7.72. The van der Waals surface area contributed by atoms with Crippen LogP contribution in [0.5, 0.6) is 11.5 Å². The van der Waals surface area contributed by atoms with Gasteiger partial charge in [0.15, 0.2) is 0 Å². The van der Waals surface area contributed by atoms with Gasteiger partial charge in [0, 0.05) is 62.9 Å². The highest BCUT2D eigenvalue weighted by molar-refractivity contribution is 6.99. The fourth-order valence-electron chi connectivity index (χ4n) is 12.5. The van der Waals surface area contributed by atoms with Crippen LogP contribution in [0.25, 0.3) is 49.3 Å². The van der Waals surface area contributed by atoms with E-state index in [-0.39, 0.29) is 28.4 Å². The van der Waals surface area contributed by atoms with Gasteiger partial charge in [-0.2, -0.15) is 0 Å². The smallest absolute Gasteiger partial charge is 0.256 e. The lowest BCUT2D eigenvalue weighted by atomic mass is 9.34. The first kappa shape index (κ1) is 48.7. The highest BCUT2D eigenvalue weighted by Crippen LogP contribution is 2.51. The summed E-state index contributed by atoms with van der Waals surface area (Å²) in [5.74, 6) is 1.75. The summed E-state index contributed by atoms with van der Waals surface area (Å²) in [5, 5.41) is 4.90. The van der Waals surface area contributed by atoms with Crippen molar-refractivity contribution in [3.63, 3.8) is 0 Å². The molecule has 11 aromatic rings. The zero-order valence-corrected chi connectivity index (χ0v) is 47.1. The highest BCUT2D eigenvalue weighted by Gasteiger charge is 2.45. The highest BCUT2D eigenvalue weighted by atomic mass is 16.5. The van der Waals surface area contributed by atoms with E-state index in [9.17, 15) is 0 Å². The first-order valence-electron chi connectivity index (χ1n) is 27.6. The van der Waals surface area contributed by atoms with E-state index in [1.165, 1.54) is 76.8 Å². The van der Waals surface area contributed by atoms with Crippen LogP contribution in [-0.4, -0.2) is 15.8 Å². The van der Waals surface area contributed by atoms with Crippen LogP contribution in [-0.2, 0) is 28.7 Å². The molecule has 0 radical (unpaired) electrons. The second-order valence-corrected chi connectivity index (χ2v) is 26.0. The van der Waals surface area contributed by atoms with E-state index in [0.29, 0.717) is 0 Å². The second-order valence-electron chi connectivity index (χ2n) is 26.0. The normalized spacial score (nSPS) is 13.6. The summed E-state index contributed by atoms with van der Waals surface area (Å²) in [4.78, 5) is 5.04. The maximum Gasteiger partial charge on any atom is 0.256 e. The third-order valence-corrected chi connectivity index (χ3v) is 16.8. The first-order valence-corrected chi connectivity index (χ1v) is 27.6. The molecule has 0 aliphatic carbocycles. The Morgan fingerprint density at radius 1 is 0.403 bits per heavy atom. The molecule has 2 aliphatic heterocycles. The number of para-hydroxylation sites is 3. The molecule has 0 bridgehead atoms. The van der Waals surface area contributed by atoms with Crippen LogP contribution in [0.2, 0.25) is 0 Å². The van der Waals surface area contributed by atoms with E-state index in [2.05, 4.69) is 291 Å². The second kappa shape index (κ2) is 17.0. The topological polar surface area (TPSA) is 25.6 Å². The van der Waals surface area contributed by atoms with Crippen LogP contribution < -0.4 is 30.9 Å². The molecule has 4 heterocycles. The molecule has 5 nitrogen and oxygen atoms in total. The van der Waals surface area contributed by atoms with Gasteiger partial charge < -0.3 is 23.7 Å². The van der Waals surface area contributed by atoms with E-state index in [1.807, 2.05) is 0 Å². The Labute approximate surface area is 455 Å². The molecular weight excluding hydrogens is 936 g/mol. The molecule has 2 aliphatic rings. The Morgan fingerprint density at radius 3 is 1.42 bits per heavy atom. The summed E-state index contributed by atoms with van der Waals surface area (Å²) in [5.41, 5.74) is 21.0. The van der Waals surface area contributed by atoms with Crippen molar-refractivity contribution in [1.82, 2.24) is 9.13 Å². The van der Waals surface area contributed by atoms with Crippen LogP contribution in [0.1, 0.15) is 105 Å². The lowest BCUT2D eigenvalue weighted by Crippen LogP contribution is -2.60. The van der Waals surface area contributed by atoms with Crippen molar-refractivity contribution in [3.8, 4) is 17.2 Å². The van der Waals surface area contributed by atoms with E-state index in [4.69, 9.17) is 4.74 Å². The van der Waals surface area contributed by atoms with E-state index >= 15 is 0 Å². The van der Waals surface area contributed by atoms with E-state index < -0.39 is 0 Å². The SMILES string of the molecule is Cn1c2ccccc2c2c(-n3c4ccccc4c4ccccc43)c3c(cc21)B1c2cc(C(C)(C)C)ccc2Oc2cc(N(c4ccc(C(C)(C)C)cc4)c4ccc(C(C)(C)C)cc4)cc(c21)N3c1ccc(C(C)(C)C)cc1. The van der Waals surface area contributed by atoms with Crippen molar-refractivity contribution in [1.29, 1.82) is 0 Å². The number of hydrogen-bond acceptors (Lipinski definition) is 3. The van der Waals surface area contributed by atoms with Crippen molar-refractivity contribution in [2.45, 2.75) is 105 Å². The van der Waals surface area contributed by atoms with Crippen LogP contribution in [0, 0.1) is 0 Å². The third-order valence-electron chi connectivity index (χ3n) is 16.8. The molecule has 13 rings (SSSR count). The maximum absolute atomic E-state index is 7.46. The molecule has 6 heteroatoms.